The molecule has 25 heavy (non-hydrogen) atoms. The number of fused-ring (bicyclic) bond motifs is 2. The third kappa shape index (κ3) is 2.57. The molecule has 4 heterocycles. The highest BCUT2D eigenvalue weighted by Crippen LogP contribution is 2.34. The van der Waals surface area contributed by atoms with Gasteiger partial charge in [-0.3, -0.25) is 0 Å². The van der Waals surface area contributed by atoms with E-state index < -0.39 is 0 Å². The summed E-state index contributed by atoms with van der Waals surface area (Å²) in [4.78, 5) is 22.0. The molecule has 0 unspecified atom stereocenters. The Bertz CT molecular complexity index is 1010. The molecular formula is C19H19N5S. The van der Waals surface area contributed by atoms with Crippen LogP contribution in [0.25, 0.3) is 21.3 Å². The van der Waals surface area contributed by atoms with E-state index >= 15 is 0 Å². The first-order valence-electron chi connectivity index (χ1n) is 8.69. The van der Waals surface area contributed by atoms with Gasteiger partial charge in [0.1, 0.15) is 22.8 Å². The fourth-order valence-electron chi connectivity index (χ4n) is 3.75. The Labute approximate surface area is 149 Å². The summed E-state index contributed by atoms with van der Waals surface area (Å²) in [5.74, 6) is 2.70. The molecule has 1 aliphatic heterocycles. The van der Waals surface area contributed by atoms with Gasteiger partial charge in [-0.25, -0.2) is 15.0 Å². The average molecular weight is 349 g/mol. The standard InChI is InChI=1S/C19H19N5S/c1-12-10-14-18(20-11-21-19(14)25-12)24-8-6-13(7-9-24)17-22-15-4-2-3-5-16(15)23-17/h2-5,10-11,13H,6-9H2,1H3,(H,22,23). The van der Waals surface area contributed by atoms with E-state index in [1.54, 1.807) is 17.7 Å². The van der Waals surface area contributed by atoms with Gasteiger partial charge in [-0.1, -0.05) is 12.1 Å². The number of thiophene rings is 1. The van der Waals surface area contributed by atoms with Gasteiger partial charge in [-0.2, -0.15) is 0 Å². The van der Waals surface area contributed by atoms with Crippen LogP contribution in [0.2, 0.25) is 0 Å². The number of nitrogens with one attached hydrogen (secondary N) is 1. The number of benzene rings is 1. The maximum absolute atomic E-state index is 4.79. The summed E-state index contributed by atoms with van der Waals surface area (Å²) in [5.41, 5.74) is 2.19. The van der Waals surface area contributed by atoms with E-state index in [1.165, 1.54) is 10.3 Å². The smallest absolute Gasteiger partial charge is 0.140 e. The molecule has 0 atom stereocenters. The maximum Gasteiger partial charge on any atom is 0.140 e. The number of H-pyrrole nitrogens is 1. The van der Waals surface area contributed by atoms with Crippen LogP contribution in [0.1, 0.15) is 29.5 Å². The molecule has 126 valence electrons. The summed E-state index contributed by atoms with van der Waals surface area (Å²) in [6, 6.07) is 10.5. The minimum absolute atomic E-state index is 0.491. The number of aromatic amines is 1. The minimum atomic E-state index is 0.491. The van der Waals surface area contributed by atoms with Gasteiger partial charge in [0.05, 0.1) is 16.4 Å². The highest BCUT2D eigenvalue weighted by atomic mass is 32.1. The topological polar surface area (TPSA) is 57.7 Å². The Hall–Kier alpha value is -2.47. The number of para-hydroxylation sites is 2. The Kier molecular flexibility index (Phi) is 3.45. The van der Waals surface area contributed by atoms with Crippen LogP contribution in [-0.4, -0.2) is 33.0 Å². The molecule has 5 rings (SSSR count). The maximum atomic E-state index is 4.79. The molecule has 0 saturated carbocycles. The molecule has 1 aromatic carbocycles. The van der Waals surface area contributed by atoms with Gasteiger partial charge in [-0.05, 0) is 38.0 Å². The molecule has 0 bridgehead atoms. The van der Waals surface area contributed by atoms with Gasteiger partial charge in [0.25, 0.3) is 0 Å². The highest BCUT2D eigenvalue weighted by Gasteiger charge is 2.25. The van der Waals surface area contributed by atoms with E-state index in [0.717, 1.165) is 53.4 Å². The number of rotatable bonds is 2. The number of hydrogen-bond acceptors (Lipinski definition) is 5. The molecule has 6 heteroatoms. The lowest BCUT2D eigenvalue weighted by molar-refractivity contribution is 0.488. The predicted octanol–water partition coefficient (Wildman–Crippen LogP) is 4.26. The Balaban J connectivity index is 1.38. The third-order valence-electron chi connectivity index (χ3n) is 5.02. The second-order valence-electron chi connectivity index (χ2n) is 6.67. The molecule has 1 aliphatic rings. The van der Waals surface area contributed by atoms with Crippen LogP contribution in [0.4, 0.5) is 5.82 Å². The van der Waals surface area contributed by atoms with Crippen molar-refractivity contribution in [2.75, 3.05) is 18.0 Å². The van der Waals surface area contributed by atoms with Crippen LogP contribution in [0.5, 0.6) is 0 Å². The van der Waals surface area contributed by atoms with Crippen molar-refractivity contribution in [3.8, 4) is 0 Å². The first-order chi connectivity index (χ1) is 12.3. The lowest BCUT2D eigenvalue weighted by atomic mass is 9.96. The quantitative estimate of drug-likeness (QED) is 0.587. The van der Waals surface area contributed by atoms with E-state index in [-0.39, 0.29) is 0 Å². The number of nitrogens with zero attached hydrogens (tertiary/aromatic N) is 4. The fraction of sp³-hybridized carbons (Fsp3) is 0.316. The van der Waals surface area contributed by atoms with Crippen LogP contribution in [0.3, 0.4) is 0 Å². The zero-order valence-electron chi connectivity index (χ0n) is 14.1. The third-order valence-corrected chi connectivity index (χ3v) is 5.98. The van der Waals surface area contributed by atoms with E-state index in [1.807, 2.05) is 6.07 Å². The number of piperidine rings is 1. The van der Waals surface area contributed by atoms with Gasteiger partial charge in [0.15, 0.2) is 0 Å². The molecule has 4 aromatic rings. The summed E-state index contributed by atoms with van der Waals surface area (Å²) in [5, 5.41) is 1.19. The van der Waals surface area contributed by atoms with Crippen molar-refractivity contribution in [2.24, 2.45) is 0 Å². The first kappa shape index (κ1) is 14.8. The normalized spacial score (nSPS) is 16.1. The van der Waals surface area contributed by atoms with Crippen molar-refractivity contribution in [2.45, 2.75) is 25.7 Å². The average Bonchev–Trinajstić information content (AvgIpc) is 3.24. The summed E-state index contributed by atoms with van der Waals surface area (Å²) < 4.78 is 0. The molecule has 1 N–H and O–H groups in total. The molecule has 3 aromatic heterocycles. The lowest BCUT2D eigenvalue weighted by Crippen LogP contribution is -2.33. The molecule has 0 spiro atoms. The van der Waals surface area contributed by atoms with Crippen LogP contribution in [-0.2, 0) is 0 Å². The van der Waals surface area contributed by atoms with Gasteiger partial charge in [0, 0.05) is 23.9 Å². The van der Waals surface area contributed by atoms with E-state index in [0.29, 0.717) is 5.92 Å². The van der Waals surface area contributed by atoms with Gasteiger partial charge in [0.2, 0.25) is 0 Å². The monoisotopic (exact) mass is 349 g/mol. The van der Waals surface area contributed by atoms with Gasteiger partial charge >= 0.3 is 0 Å². The van der Waals surface area contributed by atoms with Gasteiger partial charge < -0.3 is 9.88 Å². The Morgan fingerprint density at radius 2 is 2.00 bits per heavy atom. The van der Waals surface area contributed by atoms with Crippen molar-refractivity contribution in [3.63, 3.8) is 0 Å². The summed E-state index contributed by atoms with van der Waals surface area (Å²) in [6.45, 7) is 4.13. The first-order valence-corrected chi connectivity index (χ1v) is 9.50. The minimum Gasteiger partial charge on any atom is -0.356 e. The van der Waals surface area contributed by atoms with E-state index in [9.17, 15) is 0 Å². The van der Waals surface area contributed by atoms with Crippen LogP contribution >= 0.6 is 11.3 Å². The number of hydrogen-bond donors (Lipinski definition) is 1. The molecule has 1 fully saturated rings. The van der Waals surface area contributed by atoms with Crippen LogP contribution in [0.15, 0.2) is 36.7 Å². The zero-order chi connectivity index (χ0) is 16.8. The van der Waals surface area contributed by atoms with E-state index in [4.69, 9.17) is 4.98 Å². The lowest BCUT2D eigenvalue weighted by Gasteiger charge is -2.32. The number of aromatic nitrogens is 4. The molecule has 0 aliphatic carbocycles. The Morgan fingerprint density at radius 1 is 1.16 bits per heavy atom. The number of imidazole rings is 1. The van der Waals surface area contributed by atoms with Crippen molar-refractivity contribution in [1.29, 1.82) is 0 Å². The zero-order valence-corrected chi connectivity index (χ0v) is 14.9. The van der Waals surface area contributed by atoms with Crippen molar-refractivity contribution in [3.05, 3.63) is 47.4 Å². The van der Waals surface area contributed by atoms with E-state index in [2.05, 4.69) is 51.0 Å². The number of aryl methyl sites for hydroxylation is 1. The van der Waals surface area contributed by atoms with Gasteiger partial charge in [-0.15, -0.1) is 11.3 Å². The van der Waals surface area contributed by atoms with Crippen LogP contribution in [0, 0.1) is 6.92 Å². The number of anilines is 1. The highest BCUT2D eigenvalue weighted by molar-refractivity contribution is 7.18. The summed E-state index contributed by atoms with van der Waals surface area (Å²) in [7, 11) is 0. The summed E-state index contributed by atoms with van der Waals surface area (Å²) in [6.07, 6.45) is 3.88. The fourth-order valence-corrected chi connectivity index (χ4v) is 4.59. The van der Waals surface area contributed by atoms with Crippen molar-refractivity contribution < 1.29 is 0 Å². The largest absolute Gasteiger partial charge is 0.356 e. The molecule has 1 saturated heterocycles. The molecule has 5 nitrogen and oxygen atoms in total. The van der Waals surface area contributed by atoms with Crippen LogP contribution < -0.4 is 4.90 Å². The SMILES string of the molecule is Cc1cc2c(N3CCC(c4nc5ccccc5[nH]4)CC3)ncnc2s1. The molecule has 0 radical (unpaired) electrons. The van der Waals surface area contributed by atoms with Crippen molar-refractivity contribution in [1.82, 2.24) is 19.9 Å². The second kappa shape index (κ2) is 5.81. The predicted molar refractivity (Wildman–Crippen MR) is 102 cm³/mol. The Morgan fingerprint density at radius 3 is 2.84 bits per heavy atom. The van der Waals surface area contributed by atoms with Crippen molar-refractivity contribution >= 4 is 38.4 Å². The molecular weight excluding hydrogens is 330 g/mol. The second-order valence-corrected chi connectivity index (χ2v) is 7.91. The molecule has 0 amide bonds. The summed E-state index contributed by atoms with van der Waals surface area (Å²) >= 11 is 1.74.